The van der Waals surface area contributed by atoms with Crippen molar-refractivity contribution in [1.29, 1.82) is 5.26 Å². The van der Waals surface area contributed by atoms with E-state index in [2.05, 4.69) is 9.72 Å². The highest BCUT2D eigenvalue weighted by Gasteiger charge is 2.34. The molecule has 0 amide bonds. The topological polar surface area (TPSA) is 45.9 Å². The molecule has 1 aromatic rings. The maximum absolute atomic E-state index is 12.5. The van der Waals surface area contributed by atoms with Gasteiger partial charge in [0.25, 0.3) is 6.43 Å². The predicted molar refractivity (Wildman–Crippen MR) is 50.1 cm³/mol. The lowest BCUT2D eigenvalue weighted by Crippen LogP contribution is -2.19. The van der Waals surface area contributed by atoms with Crippen molar-refractivity contribution in [3.63, 3.8) is 0 Å². The highest BCUT2D eigenvalue weighted by molar-refractivity contribution is 6.17. The van der Waals surface area contributed by atoms with Crippen molar-refractivity contribution < 1.29 is 26.7 Å². The largest absolute Gasteiger partial charge is 0.573 e. The van der Waals surface area contributed by atoms with Crippen molar-refractivity contribution >= 4 is 11.6 Å². The number of nitrogens with zero attached hydrogens (tertiary/aromatic N) is 2. The molecule has 0 N–H and O–H groups in total. The molecule has 0 radical (unpaired) electrons. The van der Waals surface area contributed by atoms with Crippen molar-refractivity contribution in [3.8, 4) is 11.8 Å². The molecule has 0 unspecified atom stereocenters. The summed E-state index contributed by atoms with van der Waals surface area (Å²) in [5, 5.41) is 8.63. The minimum atomic E-state index is -5.15. The van der Waals surface area contributed by atoms with Gasteiger partial charge in [0.15, 0.2) is 5.75 Å². The molecule has 0 aromatic carbocycles. The van der Waals surface area contributed by atoms with Crippen LogP contribution < -0.4 is 4.74 Å². The SMILES string of the molecule is N#Cc1cc(OC(F)(F)F)c(C(F)F)nc1CCl. The third kappa shape index (κ3) is 3.43. The molecule has 1 heterocycles. The van der Waals surface area contributed by atoms with Crippen molar-refractivity contribution in [2.45, 2.75) is 18.7 Å². The van der Waals surface area contributed by atoms with Gasteiger partial charge >= 0.3 is 6.36 Å². The molecular weight excluding hydrogens is 283 g/mol. The highest BCUT2D eigenvalue weighted by Crippen LogP contribution is 2.33. The molecule has 1 aromatic heterocycles. The zero-order valence-electron chi connectivity index (χ0n) is 8.43. The van der Waals surface area contributed by atoms with Gasteiger partial charge in [-0.1, -0.05) is 0 Å². The second-order valence-electron chi connectivity index (χ2n) is 2.96. The number of alkyl halides is 6. The van der Waals surface area contributed by atoms with Crippen molar-refractivity contribution in [2.75, 3.05) is 0 Å². The molecule has 0 bridgehead atoms. The first-order chi connectivity index (χ1) is 8.28. The van der Waals surface area contributed by atoms with Gasteiger partial charge in [0.1, 0.15) is 11.8 Å². The normalized spacial score (nSPS) is 11.4. The van der Waals surface area contributed by atoms with Gasteiger partial charge in [-0.05, 0) is 0 Å². The molecule has 0 saturated carbocycles. The Balaban J connectivity index is 3.35. The molecule has 0 aliphatic heterocycles. The molecule has 0 aliphatic rings. The van der Waals surface area contributed by atoms with Crippen molar-refractivity contribution in [1.82, 2.24) is 4.98 Å². The number of halogens is 6. The van der Waals surface area contributed by atoms with Gasteiger partial charge in [0.05, 0.1) is 17.1 Å². The van der Waals surface area contributed by atoms with Crippen LogP contribution in [0.25, 0.3) is 0 Å². The summed E-state index contributed by atoms with van der Waals surface area (Å²) >= 11 is 5.35. The Labute approximate surface area is 103 Å². The summed E-state index contributed by atoms with van der Waals surface area (Å²) in [5.41, 5.74) is -1.79. The summed E-state index contributed by atoms with van der Waals surface area (Å²) in [7, 11) is 0. The average molecular weight is 287 g/mol. The quantitative estimate of drug-likeness (QED) is 0.631. The number of aromatic nitrogens is 1. The fourth-order valence-corrected chi connectivity index (χ4v) is 1.31. The minimum Gasteiger partial charge on any atom is -0.404 e. The van der Waals surface area contributed by atoms with E-state index in [-0.39, 0.29) is 17.1 Å². The van der Waals surface area contributed by atoms with Crippen LogP contribution in [0.3, 0.4) is 0 Å². The predicted octanol–water partition coefficient (Wildman–Crippen LogP) is 3.53. The second kappa shape index (κ2) is 5.35. The molecule has 1 rings (SSSR count). The summed E-state index contributed by atoms with van der Waals surface area (Å²) in [6.45, 7) is 0. The summed E-state index contributed by atoms with van der Waals surface area (Å²) < 4.78 is 64.4. The van der Waals surface area contributed by atoms with Gasteiger partial charge in [0, 0.05) is 6.07 Å². The molecule has 98 valence electrons. The van der Waals surface area contributed by atoms with Gasteiger partial charge in [0.2, 0.25) is 0 Å². The Morgan fingerprint density at radius 1 is 1.44 bits per heavy atom. The van der Waals surface area contributed by atoms with Crippen LogP contribution in [0.4, 0.5) is 22.0 Å². The van der Waals surface area contributed by atoms with E-state index in [4.69, 9.17) is 16.9 Å². The average Bonchev–Trinajstić information content (AvgIpc) is 2.25. The maximum Gasteiger partial charge on any atom is 0.573 e. The Bertz CT molecular complexity index is 483. The zero-order chi connectivity index (χ0) is 13.9. The number of ether oxygens (including phenoxy) is 1. The van der Waals surface area contributed by atoms with E-state index in [1.54, 1.807) is 0 Å². The number of hydrogen-bond acceptors (Lipinski definition) is 3. The standard InChI is InChI=1S/C9H4ClF5N2O/c10-2-5-4(3-16)1-6(18-9(13,14)15)7(17-5)8(11)12/h1,8H,2H2. The van der Waals surface area contributed by atoms with Crippen LogP contribution in [-0.2, 0) is 5.88 Å². The Hall–Kier alpha value is -1.62. The fourth-order valence-electron chi connectivity index (χ4n) is 1.11. The molecule has 0 saturated heterocycles. The van der Waals surface area contributed by atoms with E-state index in [9.17, 15) is 22.0 Å². The number of pyridine rings is 1. The maximum atomic E-state index is 12.5. The van der Waals surface area contributed by atoms with E-state index < -0.39 is 24.2 Å². The fraction of sp³-hybridized carbons (Fsp3) is 0.333. The van der Waals surface area contributed by atoms with Crippen LogP contribution in [0.15, 0.2) is 6.07 Å². The monoisotopic (exact) mass is 286 g/mol. The molecule has 0 aliphatic carbocycles. The number of nitriles is 1. The van der Waals surface area contributed by atoms with Gasteiger partial charge in [-0.2, -0.15) is 5.26 Å². The Kier molecular flexibility index (Phi) is 4.29. The third-order valence-corrected chi connectivity index (χ3v) is 2.03. The first-order valence-electron chi connectivity index (χ1n) is 4.32. The first-order valence-corrected chi connectivity index (χ1v) is 4.85. The molecule has 0 atom stereocenters. The smallest absolute Gasteiger partial charge is 0.404 e. The third-order valence-electron chi connectivity index (χ3n) is 1.77. The van der Waals surface area contributed by atoms with Gasteiger partial charge in [-0.15, -0.1) is 24.8 Å². The minimum absolute atomic E-state index is 0.232. The van der Waals surface area contributed by atoms with Crippen LogP contribution in [0.1, 0.15) is 23.4 Å². The molecule has 0 fully saturated rings. The van der Waals surface area contributed by atoms with Crippen molar-refractivity contribution in [2.24, 2.45) is 0 Å². The van der Waals surface area contributed by atoms with Crippen LogP contribution in [0, 0.1) is 11.3 Å². The van der Waals surface area contributed by atoms with E-state index >= 15 is 0 Å². The van der Waals surface area contributed by atoms with E-state index in [0.29, 0.717) is 6.07 Å². The van der Waals surface area contributed by atoms with E-state index in [0.717, 1.165) is 0 Å². The molecule has 3 nitrogen and oxygen atoms in total. The first kappa shape index (κ1) is 14.4. The lowest BCUT2D eigenvalue weighted by atomic mass is 10.2. The van der Waals surface area contributed by atoms with Crippen molar-refractivity contribution in [3.05, 3.63) is 23.0 Å². The summed E-state index contributed by atoms with van der Waals surface area (Å²) in [6, 6.07) is 2.04. The lowest BCUT2D eigenvalue weighted by Gasteiger charge is -2.13. The second-order valence-corrected chi connectivity index (χ2v) is 3.23. The van der Waals surface area contributed by atoms with Gasteiger partial charge in [-0.25, -0.2) is 13.8 Å². The Morgan fingerprint density at radius 2 is 2.06 bits per heavy atom. The Morgan fingerprint density at radius 3 is 2.44 bits per heavy atom. The van der Waals surface area contributed by atoms with E-state index in [1.807, 2.05) is 0 Å². The molecular formula is C9H4ClF5N2O. The zero-order valence-corrected chi connectivity index (χ0v) is 9.19. The summed E-state index contributed by atoms with van der Waals surface area (Å²) in [5.74, 6) is -1.59. The molecule has 18 heavy (non-hydrogen) atoms. The highest BCUT2D eigenvalue weighted by atomic mass is 35.5. The van der Waals surface area contributed by atoms with Gasteiger partial charge < -0.3 is 4.74 Å². The lowest BCUT2D eigenvalue weighted by molar-refractivity contribution is -0.275. The number of hydrogen-bond donors (Lipinski definition) is 0. The number of rotatable bonds is 3. The van der Waals surface area contributed by atoms with Crippen LogP contribution in [0.2, 0.25) is 0 Å². The molecule has 0 spiro atoms. The van der Waals surface area contributed by atoms with Crippen LogP contribution in [0.5, 0.6) is 5.75 Å². The summed E-state index contributed by atoms with van der Waals surface area (Å²) in [6.07, 6.45) is -8.43. The molecule has 9 heteroatoms. The summed E-state index contributed by atoms with van der Waals surface area (Å²) in [4.78, 5) is 3.22. The van der Waals surface area contributed by atoms with E-state index in [1.165, 1.54) is 6.07 Å². The van der Waals surface area contributed by atoms with Gasteiger partial charge in [-0.3, -0.25) is 0 Å². The van der Waals surface area contributed by atoms with Crippen LogP contribution >= 0.6 is 11.6 Å². The van der Waals surface area contributed by atoms with Crippen LogP contribution in [-0.4, -0.2) is 11.3 Å².